The first-order valence-electron chi connectivity index (χ1n) is 6.33. The summed E-state index contributed by atoms with van der Waals surface area (Å²) in [5, 5.41) is 7.23. The maximum absolute atomic E-state index is 5.20. The van der Waals surface area contributed by atoms with Gasteiger partial charge in [-0.15, -0.1) is 0 Å². The summed E-state index contributed by atoms with van der Waals surface area (Å²) in [5.41, 5.74) is 0. The zero-order valence-corrected chi connectivity index (χ0v) is 10.2. The van der Waals surface area contributed by atoms with E-state index >= 15 is 0 Å². The summed E-state index contributed by atoms with van der Waals surface area (Å²) in [7, 11) is 0. The van der Waals surface area contributed by atoms with Gasteiger partial charge < -0.3 is 9.84 Å². The molecule has 90 valence electrons. The van der Waals surface area contributed by atoms with E-state index in [-0.39, 0.29) is 0 Å². The lowest BCUT2D eigenvalue weighted by atomic mass is 9.89. The van der Waals surface area contributed by atoms with E-state index in [4.69, 9.17) is 4.52 Å². The lowest BCUT2D eigenvalue weighted by Gasteiger charge is -2.17. The minimum absolute atomic E-state index is 0.520. The van der Waals surface area contributed by atoms with Crippen LogP contribution >= 0.6 is 0 Å². The molecule has 4 nitrogen and oxygen atoms in total. The van der Waals surface area contributed by atoms with E-state index in [2.05, 4.69) is 29.3 Å². The Kier molecular flexibility index (Phi) is 3.80. The van der Waals surface area contributed by atoms with Crippen LogP contribution in [0.25, 0.3) is 0 Å². The second-order valence-electron chi connectivity index (χ2n) is 5.07. The molecule has 1 N–H and O–H groups in total. The molecular formula is C12H21N3O. The Morgan fingerprint density at radius 3 is 2.75 bits per heavy atom. The third-order valence-corrected chi connectivity index (χ3v) is 3.07. The predicted molar refractivity (Wildman–Crippen MR) is 63.5 cm³/mol. The van der Waals surface area contributed by atoms with Crippen LogP contribution in [0.15, 0.2) is 4.52 Å². The standard InChI is InChI=1S/C12H21N3O/c1-9(2)8-13-12-14-11(15-16-12)10-6-4-3-5-7-10/h9-10H,3-8H2,1-2H3,(H,13,14,15). The van der Waals surface area contributed by atoms with E-state index < -0.39 is 0 Å². The fraction of sp³-hybridized carbons (Fsp3) is 0.833. The van der Waals surface area contributed by atoms with Crippen molar-refractivity contribution in [3.05, 3.63) is 5.82 Å². The molecule has 0 spiro atoms. The van der Waals surface area contributed by atoms with Gasteiger partial charge in [0.1, 0.15) is 0 Å². The van der Waals surface area contributed by atoms with Gasteiger partial charge >= 0.3 is 6.01 Å². The molecule has 0 unspecified atom stereocenters. The van der Waals surface area contributed by atoms with Crippen molar-refractivity contribution in [3.8, 4) is 0 Å². The van der Waals surface area contributed by atoms with E-state index in [1.54, 1.807) is 0 Å². The number of nitrogens with one attached hydrogen (secondary N) is 1. The van der Waals surface area contributed by atoms with Crippen molar-refractivity contribution in [1.82, 2.24) is 10.1 Å². The molecule has 4 heteroatoms. The molecule has 0 aliphatic heterocycles. The average molecular weight is 223 g/mol. The van der Waals surface area contributed by atoms with Crippen molar-refractivity contribution in [2.45, 2.75) is 51.9 Å². The SMILES string of the molecule is CC(C)CNc1nc(C2CCCCC2)no1. The number of nitrogens with zero attached hydrogens (tertiary/aromatic N) is 2. The first kappa shape index (κ1) is 11.4. The van der Waals surface area contributed by atoms with Crippen molar-refractivity contribution in [2.75, 3.05) is 11.9 Å². The first-order chi connectivity index (χ1) is 7.75. The molecule has 1 aliphatic carbocycles. The zero-order valence-electron chi connectivity index (χ0n) is 10.2. The molecule has 1 aromatic heterocycles. The Labute approximate surface area is 96.8 Å². The molecule has 0 bridgehead atoms. The van der Waals surface area contributed by atoms with E-state index in [0.717, 1.165) is 12.4 Å². The second-order valence-corrected chi connectivity index (χ2v) is 5.07. The maximum atomic E-state index is 5.20. The summed E-state index contributed by atoms with van der Waals surface area (Å²) >= 11 is 0. The molecule has 1 saturated carbocycles. The Morgan fingerprint density at radius 1 is 1.31 bits per heavy atom. The highest BCUT2D eigenvalue weighted by molar-refractivity contribution is 5.19. The van der Waals surface area contributed by atoms with Crippen molar-refractivity contribution in [1.29, 1.82) is 0 Å². The molecule has 1 aromatic rings. The van der Waals surface area contributed by atoms with Gasteiger partial charge in [0.15, 0.2) is 5.82 Å². The molecule has 0 saturated heterocycles. The highest BCUT2D eigenvalue weighted by atomic mass is 16.5. The molecule has 1 heterocycles. The lowest BCUT2D eigenvalue weighted by molar-refractivity contribution is 0.385. The third kappa shape index (κ3) is 2.97. The minimum Gasteiger partial charge on any atom is -0.338 e. The fourth-order valence-electron chi connectivity index (χ4n) is 2.12. The van der Waals surface area contributed by atoms with E-state index in [1.807, 2.05) is 0 Å². The fourth-order valence-corrected chi connectivity index (χ4v) is 2.12. The smallest absolute Gasteiger partial charge is 0.321 e. The molecule has 0 amide bonds. The number of hydrogen-bond acceptors (Lipinski definition) is 4. The molecular weight excluding hydrogens is 202 g/mol. The van der Waals surface area contributed by atoms with Gasteiger partial charge in [-0.2, -0.15) is 4.98 Å². The van der Waals surface area contributed by atoms with Crippen LogP contribution in [0.1, 0.15) is 57.7 Å². The van der Waals surface area contributed by atoms with Crippen LogP contribution in [0.3, 0.4) is 0 Å². The first-order valence-corrected chi connectivity index (χ1v) is 6.33. The van der Waals surface area contributed by atoms with Gasteiger partial charge in [-0.05, 0) is 18.8 Å². The van der Waals surface area contributed by atoms with Crippen molar-refractivity contribution >= 4 is 6.01 Å². The molecule has 1 aliphatic rings. The Morgan fingerprint density at radius 2 is 2.06 bits per heavy atom. The van der Waals surface area contributed by atoms with E-state index in [9.17, 15) is 0 Å². The molecule has 0 aromatic carbocycles. The Hall–Kier alpha value is -1.06. The number of anilines is 1. The highest BCUT2D eigenvalue weighted by Gasteiger charge is 2.20. The minimum atomic E-state index is 0.520. The summed E-state index contributed by atoms with van der Waals surface area (Å²) < 4.78 is 5.20. The molecule has 0 atom stereocenters. The molecule has 16 heavy (non-hydrogen) atoms. The molecule has 1 fully saturated rings. The number of hydrogen-bond donors (Lipinski definition) is 1. The van der Waals surface area contributed by atoms with Crippen LogP contribution in [0.2, 0.25) is 0 Å². The largest absolute Gasteiger partial charge is 0.338 e. The van der Waals surface area contributed by atoms with Gasteiger partial charge in [0.2, 0.25) is 0 Å². The van der Waals surface area contributed by atoms with Crippen molar-refractivity contribution < 1.29 is 4.52 Å². The van der Waals surface area contributed by atoms with Gasteiger partial charge in [0.25, 0.3) is 0 Å². The highest BCUT2D eigenvalue weighted by Crippen LogP contribution is 2.31. The van der Waals surface area contributed by atoms with Crippen LogP contribution < -0.4 is 5.32 Å². The summed E-state index contributed by atoms with van der Waals surface area (Å²) in [6, 6.07) is 0.578. The molecule has 2 rings (SSSR count). The van der Waals surface area contributed by atoms with Crippen LogP contribution in [-0.4, -0.2) is 16.7 Å². The Balaban J connectivity index is 1.90. The van der Waals surface area contributed by atoms with Gasteiger partial charge in [0.05, 0.1) is 0 Å². The topological polar surface area (TPSA) is 51.0 Å². The van der Waals surface area contributed by atoms with Crippen LogP contribution in [0, 0.1) is 5.92 Å². The van der Waals surface area contributed by atoms with Gasteiger partial charge in [-0.3, -0.25) is 0 Å². The molecule has 0 radical (unpaired) electrons. The Bertz CT molecular complexity index is 316. The summed E-state index contributed by atoms with van der Waals surface area (Å²) in [4.78, 5) is 4.42. The normalized spacial score (nSPS) is 17.9. The third-order valence-electron chi connectivity index (χ3n) is 3.07. The van der Waals surface area contributed by atoms with E-state index in [1.165, 1.54) is 32.1 Å². The van der Waals surface area contributed by atoms with Crippen LogP contribution in [-0.2, 0) is 0 Å². The van der Waals surface area contributed by atoms with Gasteiger partial charge in [-0.1, -0.05) is 38.3 Å². The summed E-state index contributed by atoms with van der Waals surface area (Å²) in [5.74, 6) is 2.00. The number of aromatic nitrogens is 2. The maximum Gasteiger partial charge on any atom is 0.321 e. The van der Waals surface area contributed by atoms with Crippen LogP contribution in [0.4, 0.5) is 6.01 Å². The average Bonchev–Trinajstić information content (AvgIpc) is 2.76. The van der Waals surface area contributed by atoms with Gasteiger partial charge in [-0.25, -0.2) is 0 Å². The van der Waals surface area contributed by atoms with E-state index in [0.29, 0.717) is 17.9 Å². The summed E-state index contributed by atoms with van der Waals surface area (Å²) in [6.45, 7) is 5.20. The predicted octanol–water partition coefficient (Wildman–Crippen LogP) is 3.19. The monoisotopic (exact) mass is 223 g/mol. The van der Waals surface area contributed by atoms with Crippen LogP contribution in [0.5, 0.6) is 0 Å². The lowest BCUT2D eigenvalue weighted by Crippen LogP contribution is -2.09. The van der Waals surface area contributed by atoms with Gasteiger partial charge in [0, 0.05) is 12.5 Å². The summed E-state index contributed by atoms with van der Waals surface area (Å²) in [6.07, 6.45) is 6.38. The van der Waals surface area contributed by atoms with Crippen molar-refractivity contribution in [2.24, 2.45) is 5.92 Å². The second kappa shape index (κ2) is 5.32. The quantitative estimate of drug-likeness (QED) is 0.851. The number of rotatable bonds is 4. The zero-order chi connectivity index (χ0) is 11.4. The van der Waals surface area contributed by atoms with Crippen molar-refractivity contribution in [3.63, 3.8) is 0 Å².